The first-order valence-corrected chi connectivity index (χ1v) is 9.22. The standard InChI is InChI=1S/C19H31N5O/c1-4-10-21-18(25)14-22-19(20-3)23-15(2)16-8-7-9-17(13-16)24-11-5-6-12-24/h7-9,13,15H,4-6,10-12,14H2,1-3H3,(H,21,25)(H2,20,22,23). The van der Waals surface area contributed by atoms with Crippen molar-refractivity contribution in [2.45, 2.75) is 39.2 Å². The number of amides is 1. The highest BCUT2D eigenvalue weighted by atomic mass is 16.1. The Morgan fingerprint density at radius 1 is 1.28 bits per heavy atom. The van der Waals surface area contributed by atoms with Gasteiger partial charge in [-0.25, -0.2) is 0 Å². The Bertz CT molecular complexity index is 581. The van der Waals surface area contributed by atoms with Crippen LogP contribution >= 0.6 is 0 Å². The molecular formula is C19H31N5O. The van der Waals surface area contributed by atoms with Gasteiger partial charge in [0, 0.05) is 32.4 Å². The summed E-state index contributed by atoms with van der Waals surface area (Å²) < 4.78 is 0. The zero-order chi connectivity index (χ0) is 18.1. The first-order valence-electron chi connectivity index (χ1n) is 9.22. The number of hydrogen-bond acceptors (Lipinski definition) is 3. The van der Waals surface area contributed by atoms with Crippen LogP contribution in [0.15, 0.2) is 29.3 Å². The van der Waals surface area contributed by atoms with Crippen LogP contribution < -0.4 is 20.9 Å². The molecular weight excluding hydrogens is 314 g/mol. The molecule has 6 heteroatoms. The van der Waals surface area contributed by atoms with Crippen molar-refractivity contribution in [3.8, 4) is 0 Å². The van der Waals surface area contributed by atoms with E-state index in [0.717, 1.165) is 19.5 Å². The Labute approximate surface area is 151 Å². The molecule has 138 valence electrons. The lowest BCUT2D eigenvalue weighted by Crippen LogP contribution is -2.44. The van der Waals surface area contributed by atoms with Crippen LogP contribution in [-0.2, 0) is 4.79 Å². The molecule has 0 aliphatic carbocycles. The Kier molecular flexibility index (Phi) is 7.57. The molecule has 1 amide bonds. The highest BCUT2D eigenvalue weighted by Crippen LogP contribution is 2.23. The average Bonchev–Trinajstić information content (AvgIpc) is 3.18. The summed E-state index contributed by atoms with van der Waals surface area (Å²) in [5, 5.41) is 9.26. The van der Waals surface area contributed by atoms with E-state index in [2.05, 4.69) is 57.0 Å². The number of nitrogens with zero attached hydrogens (tertiary/aromatic N) is 2. The molecule has 0 saturated carbocycles. The number of aliphatic imine (C=N–C) groups is 1. The zero-order valence-electron chi connectivity index (χ0n) is 15.6. The van der Waals surface area contributed by atoms with Crippen molar-refractivity contribution in [1.82, 2.24) is 16.0 Å². The minimum Gasteiger partial charge on any atom is -0.372 e. The molecule has 0 spiro atoms. The highest BCUT2D eigenvalue weighted by Gasteiger charge is 2.14. The van der Waals surface area contributed by atoms with E-state index in [0.29, 0.717) is 12.5 Å². The molecule has 1 fully saturated rings. The van der Waals surface area contributed by atoms with Crippen molar-refractivity contribution < 1.29 is 4.79 Å². The van der Waals surface area contributed by atoms with E-state index >= 15 is 0 Å². The third-order valence-corrected chi connectivity index (χ3v) is 4.41. The van der Waals surface area contributed by atoms with Crippen LogP contribution in [0.2, 0.25) is 0 Å². The lowest BCUT2D eigenvalue weighted by Gasteiger charge is -2.22. The van der Waals surface area contributed by atoms with Crippen LogP contribution in [-0.4, -0.2) is 45.1 Å². The molecule has 1 aromatic carbocycles. The smallest absolute Gasteiger partial charge is 0.239 e. The van der Waals surface area contributed by atoms with E-state index < -0.39 is 0 Å². The van der Waals surface area contributed by atoms with E-state index in [9.17, 15) is 4.79 Å². The summed E-state index contributed by atoms with van der Waals surface area (Å²) in [7, 11) is 1.71. The number of carbonyl (C=O) groups is 1. The van der Waals surface area contributed by atoms with Crippen LogP contribution in [0, 0.1) is 0 Å². The summed E-state index contributed by atoms with van der Waals surface area (Å²) in [5.41, 5.74) is 2.49. The van der Waals surface area contributed by atoms with E-state index in [-0.39, 0.29) is 18.5 Å². The number of guanidine groups is 1. The summed E-state index contributed by atoms with van der Waals surface area (Å²) in [6.07, 6.45) is 3.48. The maximum Gasteiger partial charge on any atom is 0.239 e. The van der Waals surface area contributed by atoms with Gasteiger partial charge in [-0.3, -0.25) is 9.79 Å². The molecule has 1 atom stereocenters. The molecule has 1 aromatic rings. The van der Waals surface area contributed by atoms with Gasteiger partial charge in [0.1, 0.15) is 0 Å². The van der Waals surface area contributed by atoms with Crippen LogP contribution in [0.1, 0.15) is 44.7 Å². The summed E-state index contributed by atoms with van der Waals surface area (Å²) in [6, 6.07) is 8.75. The SMILES string of the molecule is CCCNC(=O)CNC(=NC)NC(C)c1cccc(N2CCCC2)c1. The molecule has 1 heterocycles. The fraction of sp³-hybridized carbons (Fsp3) is 0.579. The van der Waals surface area contributed by atoms with Gasteiger partial charge in [0.15, 0.2) is 5.96 Å². The molecule has 6 nitrogen and oxygen atoms in total. The van der Waals surface area contributed by atoms with Crippen molar-refractivity contribution in [1.29, 1.82) is 0 Å². The second-order valence-electron chi connectivity index (χ2n) is 6.43. The van der Waals surface area contributed by atoms with Gasteiger partial charge in [-0.15, -0.1) is 0 Å². The molecule has 1 aliphatic rings. The molecule has 25 heavy (non-hydrogen) atoms. The minimum absolute atomic E-state index is 0.0199. The summed E-state index contributed by atoms with van der Waals surface area (Å²) in [6.45, 7) is 7.34. The number of benzene rings is 1. The monoisotopic (exact) mass is 345 g/mol. The number of rotatable bonds is 7. The fourth-order valence-corrected chi connectivity index (χ4v) is 2.94. The second kappa shape index (κ2) is 9.91. The predicted molar refractivity (Wildman–Crippen MR) is 104 cm³/mol. The largest absolute Gasteiger partial charge is 0.372 e. The molecule has 0 radical (unpaired) electrons. The maximum absolute atomic E-state index is 11.7. The van der Waals surface area contributed by atoms with Crippen LogP contribution in [0.3, 0.4) is 0 Å². The normalized spacial score (nSPS) is 15.8. The van der Waals surface area contributed by atoms with Gasteiger partial charge in [0.05, 0.1) is 12.6 Å². The topological polar surface area (TPSA) is 68.8 Å². The van der Waals surface area contributed by atoms with Gasteiger partial charge in [-0.1, -0.05) is 19.1 Å². The first kappa shape index (κ1) is 19.1. The molecule has 3 N–H and O–H groups in total. The van der Waals surface area contributed by atoms with E-state index in [1.165, 1.54) is 24.1 Å². The summed E-state index contributed by atoms with van der Waals surface area (Å²) >= 11 is 0. The third-order valence-electron chi connectivity index (χ3n) is 4.41. The average molecular weight is 345 g/mol. The summed E-state index contributed by atoms with van der Waals surface area (Å²) in [4.78, 5) is 18.3. The summed E-state index contributed by atoms with van der Waals surface area (Å²) in [5.74, 6) is 0.610. The zero-order valence-corrected chi connectivity index (χ0v) is 15.6. The Hall–Kier alpha value is -2.24. The Balaban J connectivity index is 1.89. The van der Waals surface area contributed by atoms with Crippen molar-refractivity contribution in [2.24, 2.45) is 4.99 Å². The second-order valence-corrected chi connectivity index (χ2v) is 6.43. The predicted octanol–water partition coefficient (Wildman–Crippen LogP) is 2.04. The van der Waals surface area contributed by atoms with Gasteiger partial charge in [-0.2, -0.15) is 0 Å². The van der Waals surface area contributed by atoms with Gasteiger partial charge < -0.3 is 20.9 Å². The van der Waals surface area contributed by atoms with Crippen LogP contribution in [0.25, 0.3) is 0 Å². The van der Waals surface area contributed by atoms with Gasteiger partial charge in [-0.05, 0) is 43.9 Å². The van der Waals surface area contributed by atoms with Crippen molar-refractivity contribution >= 4 is 17.6 Å². The molecule has 0 aromatic heterocycles. The Morgan fingerprint density at radius 3 is 2.72 bits per heavy atom. The molecule has 1 saturated heterocycles. The number of nitrogens with one attached hydrogen (secondary N) is 3. The maximum atomic E-state index is 11.7. The number of anilines is 1. The minimum atomic E-state index is -0.0199. The highest BCUT2D eigenvalue weighted by molar-refractivity contribution is 5.86. The van der Waals surface area contributed by atoms with E-state index in [1.54, 1.807) is 7.05 Å². The van der Waals surface area contributed by atoms with Crippen LogP contribution in [0.4, 0.5) is 5.69 Å². The van der Waals surface area contributed by atoms with Crippen molar-refractivity contribution in [3.05, 3.63) is 29.8 Å². The van der Waals surface area contributed by atoms with Crippen LogP contribution in [0.5, 0.6) is 0 Å². The fourth-order valence-electron chi connectivity index (χ4n) is 2.94. The number of carbonyl (C=O) groups excluding carboxylic acids is 1. The van der Waals surface area contributed by atoms with Crippen molar-refractivity contribution in [2.75, 3.05) is 38.1 Å². The third kappa shape index (κ3) is 5.96. The van der Waals surface area contributed by atoms with Crippen molar-refractivity contribution in [3.63, 3.8) is 0 Å². The Morgan fingerprint density at radius 2 is 2.04 bits per heavy atom. The molecule has 1 unspecified atom stereocenters. The molecule has 1 aliphatic heterocycles. The van der Waals surface area contributed by atoms with Gasteiger partial charge in [0.2, 0.25) is 5.91 Å². The van der Waals surface area contributed by atoms with E-state index in [4.69, 9.17) is 0 Å². The quantitative estimate of drug-likeness (QED) is 0.522. The van der Waals surface area contributed by atoms with Gasteiger partial charge >= 0.3 is 0 Å². The lowest BCUT2D eigenvalue weighted by atomic mass is 10.1. The lowest BCUT2D eigenvalue weighted by molar-refractivity contribution is -0.120. The molecule has 2 rings (SSSR count). The van der Waals surface area contributed by atoms with Gasteiger partial charge in [0.25, 0.3) is 0 Å². The molecule has 0 bridgehead atoms. The first-order chi connectivity index (χ1) is 12.1. The van der Waals surface area contributed by atoms with E-state index in [1.807, 2.05) is 6.92 Å². The number of hydrogen-bond donors (Lipinski definition) is 3.